The molecule has 1 atom stereocenters. The lowest BCUT2D eigenvalue weighted by molar-refractivity contribution is -0.127. The molecule has 8 heteroatoms. The summed E-state index contributed by atoms with van der Waals surface area (Å²) in [5.74, 6) is -1.12. The summed E-state index contributed by atoms with van der Waals surface area (Å²) in [6, 6.07) is -0.105. The minimum atomic E-state index is -1.09. The Morgan fingerprint density at radius 3 is 2.72 bits per heavy atom. The van der Waals surface area contributed by atoms with Crippen molar-refractivity contribution in [1.29, 1.82) is 0 Å². The van der Waals surface area contributed by atoms with Crippen molar-refractivity contribution in [2.75, 3.05) is 20.1 Å². The number of hydrogen-bond acceptors (Lipinski definition) is 5. The Morgan fingerprint density at radius 1 is 1.56 bits per heavy atom. The van der Waals surface area contributed by atoms with Crippen LogP contribution in [-0.2, 0) is 4.79 Å². The van der Waals surface area contributed by atoms with Crippen LogP contribution in [0.2, 0.25) is 0 Å². The highest BCUT2D eigenvalue weighted by Crippen LogP contribution is 2.22. The Morgan fingerprint density at radius 2 is 2.22 bits per heavy atom. The molecule has 8 nitrogen and oxygen atoms in total. The molecular formula is C10H15N5O3. The number of amides is 1. The lowest BCUT2D eigenvalue weighted by atomic mass is 10.1. The zero-order valence-corrected chi connectivity index (χ0v) is 10.2. The first kappa shape index (κ1) is 12.5. The lowest BCUT2D eigenvalue weighted by Gasteiger charge is -2.41. The number of carbonyl (C=O) groups is 2. The fourth-order valence-electron chi connectivity index (χ4n) is 1.90. The van der Waals surface area contributed by atoms with Gasteiger partial charge >= 0.3 is 5.97 Å². The van der Waals surface area contributed by atoms with Gasteiger partial charge in [-0.3, -0.25) is 9.69 Å². The van der Waals surface area contributed by atoms with Crippen LogP contribution in [0.5, 0.6) is 0 Å². The number of carboxylic acid groups (broad SMARTS) is 1. The second kappa shape index (κ2) is 4.73. The Bertz CT molecular complexity index is 466. The molecule has 0 spiro atoms. The molecular weight excluding hydrogens is 238 g/mol. The molecule has 1 aliphatic rings. The first-order valence-electron chi connectivity index (χ1n) is 5.63. The van der Waals surface area contributed by atoms with Gasteiger partial charge in [-0.25, -0.2) is 9.48 Å². The van der Waals surface area contributed by atoms with E-state index >= 15 is 0 Å². The van der Waals surface area contributed by atoms with Crippen LogP contribution in [0.25, 0.3) is 0 Å². The van der Waals surface area contributed by atoms with Crippen LogP contribution in [0.1, 0.15) is 23.5 Å². The summed E-state index contributed by atoms with van der Waals surface area (Å²) < 4.78 is 1.54. The zero-order valence-electron chi connectivity index (χ0n) is 10.2. The molecule has 1 aromatic heterocycles. The summed E-state index contributed by atoms with van der Waals surface area (Å²) in [6.07, 6.45) is 1.41. The number of hydrogen-bond donors (Lipinski definition) is 2. The smallest absolute Gasteiger partial charge is 0.358 e. The normalized spacial score (nSPS) is 18.1. The van der Waals surface area contributed by atoms with Gasteiger partial charge in [-0.1, -0.05) is 5.21 Å². The number of nitrogens with zero attached hydrogens (tertiary/aromatic N) is 4. The largest absolute Gasteiger partial charge is 0.476 e. The van der Waals surface area contributed by atoms with Gasteiger partial charge in [0.2, 0.25) is 5.91 Å². The van der Waals surface area contributed by atoms with Crippen LogP contribution >= 0.6 is 0 Å². The lowest BCUT2D eigenvalue weighted by Crippen LogP contribution is -2.56. The molecule has 0 bridgehead atoms. The highest BCUT2D eigenvalue weighted by molar-refractivity contribution is 5.84. The second-order valence-electron chi connectivity index (χ2n) is 4.29. The Labute approximate surface area is 104 Å². The first-order chi connectivity index (χ1) is 8.52. The van der Waals surface area contributed by atoms with Gasteiger partial charge in [-0.2, -0.15) is 0 Å². The highest BCUT2D eigenvalue weighted by atomic mass is 16.4. The number of rotatable bonds is 4. The summed E-state index contributed by atoms with van der Waals surface area (Å²) in [5, 5.41) is 18.7. The third kappa shape index (κ3) is 2.19. The first-order valence-corrected chi connectivity index (χ1v) is 5.63. The number of nitrogens with one attached hydrogen (secondary N) is 1. The summed E-state index contributed by atoms with van der Waals surface area (Å²) in [5.41, 5.74) is -0.0622. The highest BCUT2D eigenvalue weighted by Gasteiger charge is 2.35. The molecule has 0 radical (unpaired) electrons. The molecule has 2 heterocycles. The van der Waals surface area contributed by atoms with E-state index in [9.17, 15) is 9.59 Å². The van der Waals surface area contributed by atoms with E-state index in [4.69, 9.17) is 5.11 Å². The maximum atomic E-state index is 11.4. The van der Waals surface area contributed by atoms with Gasteiger partial charge in [-0.05, 0) is 6.92 Å². The van der Waals surface area contributed by atoms with E-state index in [-0.39, 0.29) is 23.7 Å². The van der Waals surface area contributed by atoms with E-state index in [1.807, 2.05) is 11.8 Å². The SMILES string of the molecule is CNC(=O)C(C)N1CC(n2cc(C(=O)O)nn2)C1. The maximum Gasteiger partial charge on any atom is 0.358 e. The Kier molecular flexibility index (Phi) is 3.28. The molecule has 2 rings (SSSR count). The summed E-state index contributed by atoms with van der Waals surface area (Å²) in [6.45, 7) is 3.16. The number of carbonyl (C=O) groups excluding carboxylic acids is 1. The van der Waals surface area contributed by atoms with Gasteiger partial charge < -0.3 is 10.4 Å². The van der Waals surface area contributed by atoms with Crippen molar-refractivity contribution >= 4 is 11.9 Å². The quantitative estimate of drug-likeness (QED) is 0.711. The van der Waals surface area contributed by atoms with Crippen LogP contribution in [0, 0.1) is 0 Å². The number of likely N-dealkylation sites (N-methyl/N-ethyl adjacent to an activating group) is 1. The van der Waals surface area contributed by atoms with E-state index < -0.39 is 5.97 Å². The van der Waals surface area contributed by atoms with E-state index in [1.165, 1.54) is 10.9 Å². The average Bonchev–Trinajstić information content (AvgIpc) is 2.75. The van der Waals surface area contributed by atoms with Crippen molar-refractivity contribution < 1.29 is 14.7 Å². The summed E-state index contributed by atoms with van der Waals surface area (Å²) >= 11 is 0. The molecule has 2 N–H and O–H groups in total. The Hall–Kier alpha value is -1.96. The van der Waals surface area contributed by atoms with E-state index in [1.54, 1.807) is 7.05 Å². The predicted molar refractivity (Wildman–Crippen MR) is 61.1 cm³/mol. The molecule has 1 aliphatic heterocycles. The van der Waals surface area contributed by atoms with Crippen molar-refractivity contribution in [3.63, 3.8) is 0 Å². The molecule has 1 fully saturated rings. The monoisotopic (exact) mass is 253 g/mol. The topological polar surface area (TPSA) is 100 Å². The fraction of sp³-hybridized carbons (Fsp3) is 0.600. The molecule has 18 heavy (non-hydrogen) atoms. The molecule has 98 valence electrons. The van der Waals surface area contributed by atoms with Gasteiger partial charge in [-0.15, -0.1) is 5.10 Å². The number of likely N-dealkylation sites (tertiary alicyclic amines) is 1. The molecule has 1 saturated heterocycles. The Balaban J connectivity index is 1.92. The summed E-state index contributed by atoms with van der Waals surface area (Å²) in [4.78, 5) is 24.1. The molecule has 0 saturated carbocycles. The fourth-order valence-corrected chi connectivity index (χ4v) is 1.90. The van der Waals surface area contributed by atoms with Gasteiger partial charge in [0.1, 0.15) is 0 Å². The third-order valence-corrected chi connectivity index (χ3v) is 3.17. The van der Waals surface area contributed by atoms with Crippen LogP contribution in [-0.4, -0.2) is 63.1 Å². The van der Waals surface area contributed by atoms with Crippen molar-refractivity contribution in [1.82, 2.24) is 25.2 Å². The molecule has 0 aromatic carbocycles. The van der Waals surface area contributed by atoms with E-state index in [0.717, 1.165) is 0 Å². The zero-order chi connectivity index (χ0) is 13.3. The summed E-state index contributed by atoms with van der Waals surface area (Å²) in [7, 11) is 1.60. The predicted octanol–water partition coefficient (Wildman–Crippen LogP) is -1.03. The van der Waals surface area contributed by atoms with Crippen LogP contribution in [0.3, 0.4) is 0 Å². The number of aromatic nitrogens is 3. The molecule has 0 aliphatic carbocycles. The minimum absolute atomic E-state index is 0.0294. The second-order valence-corrected chi connectivity index (χ2v) is 4.29. The van der Waals surface area contributed by atoms with Gasteiger partial charge in [0, 0.05) is 20.1 Å². The van der Waals surface area contributed by atoms with Gasteiger partial charge in [0.25, 0.3) is 0 Å². The van der Waals surface area contributed by atoms with Gasteiger partial charge in [0.15, 0.2) is 5.69 Å². The van der Waals surface area contributed by atoms with Crippen molar-refractivity contribution in [3.05, 3.63) is 11.9 Å². The van der Waals surface area contributed by atoms with Crippen LogP contribution in [0.15, 0.2) is 6.20 Å². The molecule has 1 amide bonds. The number of carboxylic acids is 1. The third-order valence-electron chi connectivity index (χ3n) is 3.17. The van der Waals surface area contributed by atoms with E-state index in [2.05, 4.69) is 15.6 Å². The molecule has 1 unspecified atom stereocenters. The minimum Gasteiger partial charge on any atom is -0.476 e. The van der Waals surface area contributed by atoms with Crippen molar-refractivity contribution in [3.8, 4) is 0 Å². The number of aromatic carboxylic acids is 1. The standard InChI is InChI=1S/C10H15N5O3/c1-6(9(16)11-2)14-3-7(4-14)15-5-8(10(17)18)12-13-15/h5-7H,3-4H2,1-2H3,(H,11,16)(H,17,18). The van der Waals surface area contributed by atoms with Crippen molar-refractivity contribution in [2.24, 2.45) is 0 Å². The van der Waals surface area contributed by atoms with Gasteiger partial charge in [0.05, 0.1) is 18.3 Å². The maximum absolute atomic E-state index is 11.4. The molecule has 1 aromatic rings. The van der Waals surface area contributed by atoms with E-state index in [0.29, 0.717) is 13.1 Å². The average molecular weight is 253 g/mol. The van der Waals surface area contributed by atoms with Crippen LogP contribution in [0.4, 0.5) is 0 Å². The van der Waals surface area contributed by atoms with Crippen molar-refractivity contribution in [2.45, 2.75) is 19.0 Å². The van der Waals surface area contributed by atoms with Crippen LogP contribution < -0.4 is 5.32 Å².